The number of benzene rings is 1. The minimum Gasteiger partial charge on any atom is -0.489 e. The second-order valence-corrected chi connectivity index (χ2v) is 6.48. The molecular formula is C20H32N4O. The molecule has 25 heavy (non-hydrogen) atoms. The predicted octanol–water partition coefficient (Wildman–Crippen LogP) is 2.79. The number of guanidine groups is 1. The number of para-hydroxylation sites is 1. The summed E-state index contributed by atoms with van der Waals surface area (Å²) in [6, 6.07) is 8.80. The molecule has 0 aromatic heterocycles. The fraction of sp³-hybridized carbons (Fsp3) is 0.550. The van der Waals surface area contributed by atoms with Crippen molar-refractivity contribution in [3.05, 3.63) is 42.5 Å². The maximum absolute atomic E-state index is 5.70. The molecule has 1 aliphatic carbocycles. The van der Waals surface area contributed by atoms with E-state index in [1.54, 1.807) is 13.1 Å². The minimum atomic E-state index is 0.511. The van der Waals surface area contributed by atoms with Crippen LogP contribution in [0.2, 0.25) is 0 Å². The molecule has 0 radical (unpaired) electrons. The molecule has 0 heterocycles. The highest BCUT2D eigenvalue weighted by atomic mass is 16.5. The van der Waals surface area contributed by atoms with Crippen LogP contribution in [0.15, 0.2) is 41.9 Å². The van der Waals surface area contributed by atoms with E-state index in [2.05, 4.69) is 40.2 Å². The lowest BCUT2D eigenvalue weighted by Gasteiger charge is -2.24. The summed E-state index contributed by atoms with van der Waals surface area (Å²) in [4.78, 5) is 6.77. The molecule has 0 aliphatic heterocycles. The SMILES string of the molecule is C=CCOc1ccccc1CNC(=NC)NCCN(C)C1CCCC1. The Morgan fingerprint density at radius 1 is 1.32 bits per heavy atom. The highest BCUT2D eigenvalue weighted by molar-refractivity contribution is 5.79. The van der Waals surface area contributed by atoms with Crippen LogP contribution in [0.3, 0.4) is 0 Å². The number of hydrogen-bond acceptors (Lipinski definition) is 3. The molecule has 0 saturated heterocycles. The summed E-state index contributed by atoms with van der Waals surface area (Å²) >= 11 is 0. The highest BCUT2D eigenvalue weighted by Gasteiger charge is 2.18. The summed E-state index contributed by atoms with van der Waals surface area (Å²) in [7, 11) is 4.02. The molecule has 1 aromatic carbocycles. The molecular weight excluding hydrogens is 312 g/mol. The van der Waals surface area contributed by atoms with Gasteiger partial charge in [-0.15, -0.1) is 0 Å². The minimum absolute atomic E-state index is 0.511. The zero-order chi connectivity index (χ0) is 17.9. The third-order valence-corrected chi connectivity index (χ3v) is 4.70. The monoisotopic (exact) mass is 344 g/mol. The van der Waals surface area contributed by atoms with Gasteiger partial charge in [0.15, 0.2) is 5.96 Å². The molecule has 2 N–H and O–H groups in total. The van der Waals surface area contributed by atoms with Crippen LogP contribution in [0.1, 0.15) is 31.2 Å². The van der Waals surface area contributed by atoms with Crippen molar-refractivity contribution in [3.8, 4) is 5.75 Å². The Labute approximate surface area is 152 Å². The Kier molecular flexibility index (Phi) is 8.32. The second kappa shape index (κ2) is 10.8. The van der Waals surface area contributed by atoms with Crippen LogP contribution in [0, 0.1) is 0 Å². The zero-order valence-electron chi connectivity index (χ0n) is 15.6. The standard InChI is InChI=1S/C20H32N4O/c1-4-15-25-19-12-8-5-9-17(19)16-23-20(21-2)22-13-14-24(3)18-10-6-7-11-18/h4-5,8-9,12,18H,1,6-7,10-11,13-16H2,2-3H3,(H2,21,22,23). The number of aliphatic imine (C=N–C) groups is 1. The molecule has 1 aliphatic rings. The molecule has 138 valence electrons. The van der Waals surface area contributed by atoms with Gasteiger partial charge in [-0.25, -0.2) is 0 Å². The molecule has 5 heteroatoms. The smallest absolute Gasteiger partial charge is 0.191 e. The van der Waals surface area contributed by atoms with Crippen LogP contribution >= 0.6 is 0 Å². The van der Waals surface area contributed by atoms with Gasteiger partial charge in [0.1, 0.15) is 12.4 Å². The summed E-state index contributed by atoms with van der Waals surface area (Å²) in [6.45, 7) is 6.80. The fourth-order valence-corrected chi connectivity index (χ4v) is 3.22. The van der Waals surface area contributed by atoms with Crippen LogP contribution in [0.4, 0.5) is 0 Å². The van der Waals surface area contributed by atoms with Crippen LogP contribution in [-0.2, 0) is 6.54 Å². The third-order valence-electron chi connectivity index (χ3n) is 4.70. The van der Waals surface area contributed by atoms with E-state index in [1.807, 2.05) is 18.2 Å². The molecule has 0 unspecified atom stereocenters. The number of nitrogens with zero attached hydrogens (tertiary/aromatic N) is 2. The first-order valence-electron chi connectivity index (χ1n) is 9.21. The lowest BCUT2D eigenvalue weighted by molar-refractivity contribution is 0.249. The zero-order valence-corrected chi connectivity index (χ0v) is 15.6. The second-order valence-electron chi connectivity index (χ2n) is 6.48. The Morgan fingerprint density at radius 3 is 2.80 bits per heavy atom. The normalized spacial score (nSPS) is 15.4. The van der Waals surface area contributed by atoms with Gasteiger partial charge >= 0.3 is 0 Å². The van der Waals surface area contributed by atoms with E-state index in [9.17, 15) is 0 Å². The number of ether oxygens (including phenoxy) is 1. The van der Waals surface area contributed by atoms with Gasteiger partial charge in [-0.05, 0) is 26.0 Å². The quantitative estimate of drug-likeness (QED) is 0.411. The lowest BCUT2D eigenvalue weighted by Crippen LogP contribution is -2.42. The summed E-state index contributed by atoms with van der Waals surface area (Å²) < 4.78 is 5.70. The van der Waals surface area contributed by atoms with E-state index >= 15 is 0 Å². The number of likely N-dealkylation sites (N-methyl/N-ethyl adjacent to an activating group) is 1. The molecule has 0 spiro atoms. The van der Waals surface area contributed by atoms with Gasteiger partial charge in [0.2, 0.25) is 0 Å². The number of nitrogens with one attached hydrogen (secondary N) is 2. The van der Waals surface area contributed by atoms with Crippen molar-refractivity contribution in [1.29, 1.82) is 0 Å². The van der Waals surface area contributed by atoms with Crippen molar-refractivity contribution in [2.45, 2.75) is 38.3 Å². The van der Waals surface area contributed by atoms with Crippen LogP contribution in [0.5, 0.6) is 5.75 Å². The first-order chi connectivity index (χ1) is 12.2. The Balaban J connectivity index is 1.75. The third kappa shape index (κ3) is 6.42. The summed E-state index contributed by atoms with van der Waals surface area (Å²) in [5.74, 6) is 1.70. The average molecular weight is 345 g/mol. The average Bonchev–Trinajstić information content (AvgIpc) is 3.18. The van der Waals surface area contributed by atoms with Crippen molar-refractivity contribution >= 4 is 5.96 Å². The van der Waals surface area contributed by atoms with Crippen molar-refractivity contribution < 1.29 is 4.74 Å². The van der Waals surface area contributed by atoms with E-state index in [-0.39, 0.29) is 0 Å². The van der Waals surface area contributed by atoms with Crippen molar-refractivity contribution in [3.63, 3.8) is 0 Å². The highest BCUT2D eigenvalue weighted by Crippen LogP contribution is 2.21. The van der Waals surface area contributed by atoms with Gasteiger partial charge in [0.25, 0.3) is 0 Å². The molecule has 5 nitrogen and oxygen atoms in total. The fourth-order valence-electron chi connectivity index (χ4n) is 3.22. The lowest BCUT2D eigenvalue weighted by atomic mass is 10.2. The first-order valence-corrected chi connectivity index (χ1v) is 9.21. The molecule has 1 aromatic rings. The largest absolute Gasteiger partial charge is 0.489 e. The maximum Gasteiger partial charge on any atom is 0.191 e. The van der Waals surface area contributed by atoms with Gasteiger partial charge in [0, 0.05) is 38.3 Å². The number of rotatable bonds is 9. The van der Waals surface area contributed by atoms with E-state index in [1.165, 1.54) is 25.7 Å². The van der Waals surface area contributed by atoms with Crippen molar-refractivity contribution in [1.82, 2.24) is 15.5 Å². The van der Waals surface area contributed by atoms with E-state index in [0.717, 1.165) is 36.4 Å². The Bertz CT molecular complexity index is 552. The van der Waals surface area contributed by atoms with Crippen LogP contribution < -0.4 is 15.4 Å². The molecule has 1 fully saturated rings. The van der Waals surface area contributed by atoms with E-state index in [0.29, 0.717) is 13.2 Å². The first kappa shape index (κ1) is 19.3. The van der Waals surface area contributed by atoms with Gasteiger partial charge < -0.3 is 20.3 Å². The summed E-state index contributed by atoms with van der Waals surface area (Å²) in [6.07, 6.45) is 7.18. The molecule has 0 amide bonds. The van der Waals surface area contributed by atoms with Gasteiger partial charge in [-0.1, -0.05) is 43.7 Å². The molecule has 0 atom stereocenters. The van der Waals surface area contributed by atoms with Crippen LogP contribution in [-0.4, -0.2) is 50.7 Å². The summed E-state index contributed by atoms with van der Waals surface area (Å²) in [5, 5.41) is 6.76. The van der Waals surface area contributed by atoms with E-state index < -0.39 is 0 Å². The molecule has 1 saturated carbocycles. The Morgan fingerprint density at radius 2 is 2.08 bits per heavy atom. The maximum atomic E-state index is 5.70. The van der Waals surface area contributed by atoms with Crippen molar-refractivity contribution in [2.24, 2.45) is 4.99 Å². The molecule has 2 rings (SSSR count). The molecule has 0 bridgehead atoms. The number of hydrogen-bond donors (Lipinski definition) is 2. The van der Waals surface area contributed by atoms with Gasteiger partial charge in [-0.2, -0.15) is 0 Å². The van der Waals surface area contributed by atoms with Gasteiger partial charge in [0.05, 0.1) is 0 Å². The summed E-state index contributed by atoms with van der Waals surface area (Å²) in [5.41, 5.74) is 1.11. The van der Waals surface area contributed by atoms with Crippen LogP contribution in [0.25, 0.3) is 0 Å². The Hall–Kier alpha value is -2.01. The van der Waals surface area contributed by atoms with Gasteiger partial charge in [-0.3, -0.25) is 4.99 Å². The van der Waals surface area contributed by atoms with E-state index in [4.69, 9.17) is 4.74 Å². The predicted molar refractivity (Wildman–Crippen MR) is 105 cm³/mol. The topological polar surface area (TPSA) is 48.9 Å². The van der Waals surface area contributed by atoms with Crippen molar-refractivity contribution in [2.75, 3.05) is 33.8 Å².